The molecule has 2 aliphatic rings. The molecule has 0 radical (unpaired) electrons. The second kappa shape index (κ2) is 8.79. The van der Waals surface area contributed by atoms with Crippen molar-refractivity contribution in [2.45, 2.75) is 50.3 Å². The molecule has 4 rings (SSSR count). The van der Waals surface area contributed by atoms with Crippen LogP contribution in [-0.2, 0) is 20.9 Å². The van der Waals surface area contributed by atoms with Gasteiger partial charge in [-0.25, -0.2) is 0 Å². The largest absolute Gasteiger partial charge is 0.372 e. The van der Waals surface area contributed by atoms with Gasteiger partial charge in [-0.1, -0.05) is 18.2 Å². The molecule has 0 bridgehead atoms. The van der Waals surface area contributed by atoms with E-state index in [0.29, 0.717) is 25.4 Å². The summed E-state index contributed by atoms with van der Waals surface area (Å²) in [5.74, 6) is 0.710. The number of rotatable bonds is 5. The minimum atomic E-state index is 0.0752. The number of hydrogen-bond acceptors (Lipinski definition) is 4. The average Bonchev–Trinajstić information content (AvgIpc) is 3.34. The van der Waals surface area contributed by atoms with E-state index in [0.717, 1.165) is 41.7 Å². The number of benzene rings is 1. The average molecular weight is 416 g/mol. The maximum atomic E-state index is 12.7. The van der Waals surface area contributed by atoms with Gasteiger partial charge in [-0.3, -0.25) is 9.59 Å². The summed E-state index contributed by atoms with van der Waals surface area (Å²) in [6.07, 6.45) is 4.37. The van der Waals surface area contributed by atoms with E-state index < -0.39 is 0 Å². The summed E-state index contributed by atoms with van der Waals surface area (Å²) in [5, 5.41) is 1.10. The molecule has 1 aromatic carbocycles. The molecule has 2 atom stereocenters. The highest BCUT2D eigenvalue weighted by Gasteiger charge is 2.26. The van der Waals surface area contributed by atoms with Crippen molar-refractivity contribution in [1.82, 2.24) is 14.4 Å². The van der Waals surface area contributed by atoms with E-state index in [4.69, 9.17) is 4.74 Å². The predicted molar refractivity (Wildman–Crippen MR) is 115 cm³/mol. The first-order valence-corrected chi connectivity index (χ1v) is 11.4. The molecule has 1 aromatic heterocycles. The Morgan fingerprint density at radius 1 is 1.03 bits per heavy atom. The molecular formula is C22H29N3O3S. The number of ether oxygens (including phenoxy) is 1. The van der Waals surface area contributed by atoms with Gasteiger partial charge in [0.05, 0.1) is 18.0 Å². The zero-order valence-electron chi connectivity index (χ0n) is 17.2. The second-order valence-electron chi connectivity index (χ2n) is 8.07. The number of likely N-dealkylation sites (tertiary alicyclic amines) is 1. The number of aromatic nitrogens is 1. The van der Waals surface area contributed by atoms with Crippen LogP contribution in [0, 0.1) is 0 Å². The van der Waals surface area contributed by atoms with E-state index in [1.54, 1.807) is 11.8 Å². The Morgan fingerprint density at radius 2 is 1.72 bits per heavy atom. The minimum Gasteiger partial charge on any atom is -0.372 e. The van der Waals surface area contributed by atoms with Crippen molar-refractivity contribution in [2.24, 2.45) is 0 Å². The topological polar surface area (TPSA) is 54.8 Å². The van der Waals surface area contributed by atoms with Crippen LogP contribution < -0.4 is 0 Å². The molecule has 2 amide bonds. The van der Waals surface area contributed by atoms with Gasteiger partial charge in [-0.2, -0.15) is 0 Å². The van der Waals surface area contributed by atoms with Crippen molar-refractivity contribution in [3.63, 3.8) is 0 Å². The molecule has 29 heavy (non-hydrogen) atoms. The Kier molecular flexibility index (Phi) is 6.15. The Hall–Kier alpha value is -1.99. The maximum absolute atomic E-state index is 12.7. The molecule has 6 nitrogen and oxygen atoms in total. The zero-order valence-corrected chi connectivity index (χ0v) is 18.0. The van der Waals surface area contributed by atoms with E-state index >= 15 is 0 Å². The van der Waals surface area contributed by atoms with Crippen LogP contribution in [0.25, 0.3) is 10.9 Å². The number of thioether (sulfide) groups is 1. The van der Waals surface area contributed by atoms with Gasteiger partial charge in [0.2, 0.25) is 11.8 Å². The van der Waals surface area contributed by atoms with Crippen LogP contribution in [0.3, 0.4) is 0 Å². The quantitative estimate of drug-likeness (QED) is 0.705. The summed E-state index contributed by atoms with van der Waals surface area (Å²) in [4.78, 5) is 30.3. The molecule has 7 heteroatoms. The van der Waals surface area contributed by atoms with Crippen LogP contribution in [0.5, 0.6) is 0 Å². The van der Waals surface area contributed by atoms with Crippen LogP contribution in [0.4, 0.5) is 0 Å². The fraction of sp³-hybridized carbons (Fsp3) is 0.545. The Bertz CT molecular complexity index is 881. The van der Waals surface area contributed by atoms with Gasteiger partial charge in [-0.05, 0) is 32.8 Å². The number of carbonyl (C=O) groups excluding carboxylic acids is 2. The highest BCUT2D eigenvalue weighted by Crippen LogP contribution is 2.30. The molecular weight excluding hydrogens is 386 g/mol. The van der Waals surface area contributed by atoms with Gasteiger partial charge >= 0.3 is 0 Å². The minimum absolute atomic E-state index is 0.0752. The van der Waals surface area contributed by atoms with Crippen molar-refractivity contribution in [3.05, 3.63) is 30.5 Å². The number of morpholine rings is 1. The fourth-order valence-corrected chi connectivity index (χ4v) is 5.27. The standard InChI is InChI=1S/C22H29N3O3S/c1-16-11-25(12-17(2)28-16)22(27)15-29-20-13-24(19-8-4-3-7-18(19)20)14-21(26)23-9-5-6-10-23/h3-4,7-8,13,16-17H,5-6,9-12,14-15H2,1-2H3/t16-,17+. The van der Waals surface area contributed by atoms with Crippen molar-refractivity contribution in [2.75, 3.05) is 31.9 Å². The fourth-order valence-electron chi connectivity index (χ4n) is 4.28. The third-order valence-electron chi connectivity index (χ3n) is 5.64. The normalized spacial score (nSPS) is 22.4. The maximum Gasteiger partial charge on any atom is 0.242 e. The molecule has 0 unspecified atom stereocenters. The van der Waals surface area contributed by atoms with Crippen LogP contribution in [-0.4, -0.2) is 70.3 Å². The third-order valence-corrected chi connectivity index (χ3v) is 6.67. The molecule has 156 valence electrons. The summed E-state index contributed by atoms with van der Waals surface area (Å²) < 4.78 is 7.76. The van der Waals surface area contributed by atoms with Crippen LogP contribution in [0.15, 0.2) is 35.4 Å². The van der Waals surface area contributed by atoms with Gasteiger partial charge in [0.1, 0.15) is 6.54 Å². The monoisotopic (exact) mass is 415 g/mol. The van der Waals surface area contributed by atoms with Crippen LogP contribution >= 0.6 is 11.8 Å². The Labute approximate surface area is 176 Å². The van der Waals surface area contributed by atoms with Crippen molar-refractivity contribution in [1.29, 1.82) is 0 Å². The molecule has 2 aromatic rings. The van der Waals surface area contributed by atoms with E-state index in [9.17, 15) is 9.59 Å². The predicted octanol–water partition coefficient (Wildman–Crippen LogP) is 2.99. The molecule has 2 aliphatic heterocycles. The lowest BCUT2D eigenvalue weighted by Crippen LogP contribution is -2.48. The van der Waals surface area contributed by atoms with Gasteiger partial charge < -0.3 is 19.1 Å². The summed E-state index contributed by atoms with van der Waals surface area (Å²) in [7, 11) is 0. The van der Waals surface area contributed by atoms with Crippen LogP contribution in [0.1, 0.15) is 26.7 Å². The number of nitrogens with zero attached hydrogens (tertiary/aromatic N) is 3. The summed E-state index contributed by atoms with van der Waals surface area (Å²) in [6, 6.07) is 8.11. The van der Waals surface area contributed by atoms with E-state index in [1.165, 1.54) is 0 Å². The molecule has 0 aliphatic carbocycles. The van der Waals surface area contributed by atoms with Gasteiger partial charge in [-0.15, -0.1) is 11.8 Å². The smallest absolute Gasteiger partial charge is 0.242 e. The van der Waals surface area contributed by atoms with Gasteiger partial charge in [0.25, 0.3) is 0 Å². The number of amides is 2. The lowest BCUT2D eigenvalue weighted by molar-refractivity contribution is -0.140. The lowest BCUT2D eigenvalue weighted by Gasteiger charge is -2.35. The third kappa shape index (κ3) is 4.61. The first kappa shape index (κ1) is 20.3. The second-order valence-corrected chi connectivity index (χ2v) is 9.09. The molecule has 2 saturated heterocycles. The van der Waals surface area contributed by atoms with Gasteiger partial charge in [0, 0.05) is 48.2 Å². The summed E-state index contributed by atoms with van der Waals surface area (Å²) >= 11 is 1.56. The van der Waals surface area contributed by atoms with Crippen molar-refractivity contribution >= 4 is 34.5 Å². The van der Waals surface area contributed by atoms with E-state index in [-0.39, 0.29) is 24.0 Å². The molecule has 3 heterocycles. The van der Waals surface area contributed by atoms with Gasteiger partial charge in [0.15, 0.2) is 0 Å². The first-order chi connectivity index (χ1) is 14.0. The van der Waals surface area contributed by atoms with Crippen molar-refractivity contribution in [3.8, 4) is 0 Å². The lowest BCUT2D eigenvalue weighted by atomic mass is 10.2. The summed E-state index contributed by atoms with van der Waals surface area (Å²) in [6.45, 7) is 7.40. The van der Waals surface area contributed by atoms with Crippen molar-refractivity contribution < 1.29 is 14.3 Å². The summed E-state index contributed by atoms with van der Waals surface area (Å²) in [5.41, 5.74) is 1.05. The SMILES string of the molecule is C[C@@H]1CN(C(=O)CSc2cn(CC(=O)N3CCCC3)c3ccccc23)C[C@H](C)O1. The number of carbonyl (C=O) groups is 2. The number of hydrogen-bond donors (Lipinski definition) is 0. The Balaban J connectivity index is 1.46. The molecule has 0 N–H and O–H groups in total. The van der Waals surface area contributed by atoms with Crippen LogP contribution in [0.2, 0.25) is 0 Å². The highest BCUT2D eigenvalue weighted by atomic mass is 32.2. The first-order valence-electron chi connectivity index (χ1n) is 10.4. The number of fused-ring (bicyclic) bond motifs is 1. The zero-order chi connectivity index (χ0) is 20.4. The highest BCUT2D eigenvalue weighted by molar-refractivity contribution is 8.00. The number of para-hydroxylation sites is 1. The molecule has 2 fully saturated rings. The Morgan fingerprint density at radius 3 is 2.45 bits per heavy atom. The molecule has 0 saturated carbocycles. The molecule has 0 spiro atoms. The van der Waals surface area contributed by atoms with E-state index in [2.05, 4.69) is 6.07 Å². The van der Waals surface area contributed by atoms with E-state index in [1.807, 2.05) is 52.6 Å².